The minimum Gasteiger partial charge on any atom is -0.343 e. The Kier molecular flexibility index (Phi) is 4.34. The van der Waals surface area contributed by atoms with Crippen LogP contribution in [0.25, 0.3) is 16.6 Å². The Morgan fingerprint density at radius 1 is 1.19 bits per heavy atom. The first-order valence-corrected chi connectivity index (χ1v) is 9.72. The van der Waals surface area contributed by atoms with Crippen molar-refractivity contribution in [3.05, 3.63) is 48.4 Å². The van der Waals surface area contributed by atoms with Gasteiger partial charge >= 0.3 is 6.18 Å². The van der Waals surface area contributed by atoms with Crippen molar-refractivity contribution in [1.82, 2.24) is 24.4 Å². The van der Waals surface area contributed by atoms with E-state index in [9.17, 15) is 18.0 Å². The monoisotopic (exact) mass is 429 g/mol. The van der Waals surface area contributed by atoms with E-state index in [1.807, 2.05) is 19.3 Å². The average molecular weight is 429 g/mol. The molecule has 1 N–H and O–H groups in total. The Balaban J connectivity index is 1.45. The van der Waals surface area contributed by atoms with Gasteiger partial charge in [0.1, 0.15) is 11.9 Å². The number of alkyl halides is 3. The van der Waals surface area contributed by atoms with Crippen molar-refractivity contribution in [3.63, 3.8) is 0 Å². The summed E-state index contributed by atoms with van der Waals surface area (Å²) in [5.41, 5.74) is 1.77. The number of hydrogen-bond donors (Lipinski definition) is 1. The van der Waals surface area contributed by atoms with Gasteiger partial charge in [-0.15, -0.1) is 5.10 Å². The summed E-state index contributed by atoms with van der Waals surface area (Å²) in [4.78, 5) is 18.2. The van der Waals surface area contributed by atoms with Gasteiger partial charge in [0.2, 0.25) is 0 Å². The molecule has 1 saturated heterocycles. The normalized spacial score (nSPS) is 17.0. The van der Waals surface area contributed by atoms with Gasteiger partial charge in [-0.25, -0.2) is 9.50 Å². The highest BCUT2D eigenvalue weighted by molar-refractivity contribution is 6.04. The molecule has 31 heavy (non-hydrogen) atoms. The maximum absolute atomic E-state index is 13.4. The number of benzene rings is 1. The number of rotatable bonds is 3. The number of fused-ring (bicyclic) bond motifs is 2. The molecule has 0 radical (unpaired) electrons. The number of nitrogens with zero attached hydrogens (tertiary/aromatic N) is 6. The van der Waals surface area contributed by atoms with Crippen molar-refractivity contribution in [2.24, 2.45) is 7.05 Å². The van der Waals surface area contributed by atoms with Crippen LogP contribution in [0.4, 0.5) is 24.7 Å². The number of carbonyl (C=O) groups excluding carboxylic acids is 1. The molecule has 4 heterocycles. The Morgan fingerprint density at radius 2 is 2.03 bits per heavy atom. The molecule has 0 aliphatic carbocycles. The lowest BCUT2D eigenvalue weighted by Gasteiger charge is -2.27. The number of halogens is 3. The van der Waals surface area contributed by atoms with E-state index in [2.05, 4.69) is 20.5 Å². The number of aryl methyl sites for hydroxylation is 1. The summed E-state index contributed by atoms with van der Waals surface area (Å²) in [7, 11) is 1.81. The van der Waals surface area contributed by atoms with Crippen molar-refractivity contribution in [2.45, 2.75) is 25.1 Å². The molecule has 11 heteroatoms. The molecule has 0 bridgehead atoms. The lowest BCUT2D eigenvalue weighted by atomic mass is 10.2. The fraction of sp³-hybridized carbons (Fsp3) is 0.300. The van der Waals surface area contributed by atoms with Crippen LogP contribution in [0.2, 0.25) is 0 Å². The number of amides is 1. The molecule has 1 aliphatic rings. The molecule has 1 aromatic carbocycles. The fourth-order valence-corrected chi connectivity index (χ4v) is 3.97. The zero-order valence-electron chi connectivity index (χ0n) is 16.5. The summed E-state index contributed by atoms with van der Waals surface area (Å²) in [5.74, 6) is -0.310. The van der Waals surface area contributed by atoms with Gasteiger partial charge in [0.15, 0.2) is 11.3 Å². The van der Waals surface area contributed by atoms with E-state index in [0.717, 1.165) is 10.9 Å². The maximum atomic E-state index is 13.4. The number of nitrogens with one attached hydrogen (secondary N) is 1. The minimum absolute atomic E-state index is 0.0243. The van der Waals surface area contributed by atoms with E-state index < -0.39 is 18.1 Å². The highest BCUT2D eigenvalue weighted by atomic mass is 19.4. The highest BCUT2D eigenvalue weighted by Crippen LogP contribution is 2.35. The molecule has 5 rings (SSSR count). The molecule has 1 aliphatic heterocycles. The average Bonchev–Trinajstić information content (AvgIpc) is 3.43. The summed E-state index contributed by atoms with van der Waals surface area (Å²) in [5, 5.41) is 12.3. The second kappa shape index (κ2) is 6.96. The summed E-state index contributed by atoms with van der Waals surface area (Å²) >= 11 is 0. The molecule has 0 saturated carbocycles. The van der Waals surface area contributed by atoms with Gasteiger partial charge in [0.05, 0.1) is 11.7 Å². The third kappa shape index (κ3) is 3.45. The second-order valence-corrected chi connectivity index (χ2v) is 7.53. The van der Waals surface area contributed by atoms with Crippen LogP contribution in [0.1, 0.15) is 23.3 Å². The predicted molar refractivity (Wildman–Crippen MR) is 108 cm³/mol. The minimum atomic E-state index is -4.34. The predicted octanol–water partition coefficient (Wildman–Crippen LogP) is 3.40. The van der Waals surface area contributed by atoms with Crippen LogP contribution in [0.3, 0.4) is 0 Å². The molecule has 160 valence electrons. The number of aromatic nitrogens is 5. The fourth-order valence-electron chi connectivity index (χ4n) is 3.97. The number of anilines is 2. The maximum Gasteiger partial charge on any atom is 0.408 e. The molecule has 0 unspecified atom stereocenters. The molecule has 4 aromatic rings. The van der Waals surface area contributed by atoms with Crippen LogP contribution >= 0.6 is 0 Å². The first-order chi connectivity index (χ1) is 14.8. The highest BCUT2D eigenvalue weighted by Gasteiger charge is 2.46. The van der Waals surface area contributed by atoms with Crippen molar-refractivity contribution >= 4 is 34.0 Å². The SMILES string of the molecule is Cn1cc2ccc(NC(=O)c3cnc4ccc(N5CCC[C@@H]5C(F)(F)F)nn34)cc2n1. The number of carbonyl (C=O) groups is 1. The molecule has 0 spiro atoms. The zero-order valence-corrected chi connectivity index (χ0v) is 16.5. The topological polar surface area (TPSA) is 80.4 Å². The van der Waals surface area contributed by atoms with Crippen molar-refractivity contribution in [1.29, 1.82) is 0 Å². The molecular weight excluding hydrogens is 411 g/mol. The van der Waals surface area contributed by atoms with Gasteiger partial charge in [-0.3, -0.25) is 9.48 Å². The van der Waals surface area contributed by atoms with Crippen LogP contribution in [-0.4, -0.2) is 49.0 Å². The summed E-state index contributed by atoms with van der Waals surface area (Å²) in [6.07, 6.45) is -0.671. The van der Waals surface area contributed by atoms with E-state index in [1.165, 1.54) is 21.7 Å². The Morgan fingerprint density at radius 3 is 2.84 bits per heavy atom. The van der Waals surface area contributed by atoms with Crippen LogP contribution in [0.15, 0.2) is 42.7 Å². The van der Waals surface area contributed by atoms with Gasteiger partial charge in [0.25, 0.3) is 5.91 Å². The van der Waals surface area contributed by atoms with Gasteiger partial charge in [0, 0.05) is 30.9 Å². The number of imidazole rings is 1. The van der Waals surface area contributed by atoms with E-state index in [-0.39, 0.29) is 24.5 Å². The lowest BCUT2D eigenvalue weighted by molar-refractivity contribution is -0.146. The first kappa shape index (κ1) is 19.3. The summed E-state index contributed by atoms with van der Waals surface area (Å²) in [6, 6.07) is 6.82. The van der Waals surface area contributed by atoms with E-state index in [4.69, 9.17) is 0 Å². The van der Waals surface area contributed by atoms with Crippen molar-refractivity contribution in [2.75, 3.05) is 16.8 Å². The van der Waals surface area contributed by atoms with E-state index in [1.54, 1.807) is 22.9 Å². The molecule has 1 amide bonds. The smallest absolute Gasteiger partial charge is 0.343 e. The van der Waals surface area contributed by atoms with Crippen molar-refractivity contribution in [3.8, 4) is 0 Å². The van der Waals surface area contributed by atoms with Gasteiger partial charge < -0.3 is 10.2 Å². The van der Waals surface area contributed by atoms with E-state index in [0.29, 0.717) is 17.8 Å². The summed E-state index contributed by atoms with van der Waals surface area (Å²) in [6.45, 7) is 0.253. The Bertz CT molecular complexity index is 1290. The molecular formula is C20H18F3N7O. The molecule has 1 fully saturated rings. The second-order valence-electron chi connectivity index (χ2n) is 7.53. The zero-order chi connectivity index (χ0) is 21.8. The lowest BCUT2D eigenvalue weighted by Crippen LogP contribution is -2.41. The third-order valence-electron chi connectivity index (χ3n) is 5.39. The van der Waals surface area contributed by atoms with E-state index >= 15 is 0 Å². The Hall–Kier alpha value is -3.63. The first-order valence-electron chi connectivity index (χ1n) is 9.72. The number of hydrogen-bond acceptors (Lipinski definition) is 5. The molecule has 3 aromatic heterocycles. The van der Waals surface area contributed by atoms with Gasteiger partial charge in [-0.2, -0.15) is 18.3 Å². The quantitative estimate of drug-likeness (QED) is 0.540. The van der Waals surface area contributed by atoms with Crippen LogP contribution in [-0.2, 0) is 7.05 Å². The van der Waals surface area contributed by atoms with Gasteiger partial charge in [-0.05, 0) is 43.2 Å². The van der Waals surface area contributed by atoms with Crippen molar-refractivity contribution < 1.29 is 18.0 Å². The van der Waals surface area contributed by atoms with Crippen LogP contribution < -0.4 is 10.2 Å². The standard InChI is InChI=1S/C20H18F3N7O/c1-28-11-12-4-5-13(9-14(12)26-28)25-19(31)15-10-24-17-6-7-18(27-30(15)17)29-8-2-3-16(29)20(21,22)23/h4-7,9-11,16H,2-3,8H2,1H3,(H,25,31)/t16-/m1/s1. The third-order valence-corrected chi connectivity index (χ3v) is 5.39. The van der Waals surface area contributed by atoms with Crippen LogP contribution in [0.5, 0.6) is 0 Å². The summed E-state index contributed by atoms with van der Waals surface area (Å²) < 4.78 is 43.0. The van der Waals surface area contributed by atoms with Crippen LogP contribution in [0, 0.1) is 0 Å². The molecule has 8 nitrogen and oxygen atoms in total. The Labute approximate surface area is 174 Å². The van der Waals surface area contributed by atoms with Gasteiger partial charge in [-0.1, -0.05) is 0 Å². The largest absolute Gasteiger partial charge is 0.408 e. The molecule has 1 atom stereocenters.